The zero-order valence-corrected chi connectivity index (χ0v) is 20.5. The zero-order chi connectivity index (χ0) is 24.5. The van der Waals surface area contributed by atoms with Gasteiger partial charge in [-0.2, -0.15) is 0 Å². The minimum atomic E-state index is -0.642. The van der Waals surface area contributed by atoms with Crippen LogP contribution in [0.1, 0.15) is 22.3 Å². The van der Waals surface area contributed by atoms with Crippen molar-refractivity contribution in [2.45, 2.75) is 39.9 Å². The predicted octanol–water partition coefficient (Wildman–Crippen LogP) is 4.62. The number of anilines is 2. The van der Waals surface area contributed by atoms with Crippen molar-refractivity contribution in [2.24, 2.45) is 0 Å². The molecule has 2 atom stereocenters. The maximum atomic E-state index is 10.2. The van der Waals surface area contributed by atoms with Crippen LogP contribution in [0.5, 0.6) is 11.5 Å². The molecule has 0 aromatic heterocycles. The normalized spacial score (nSPS) is 12.6. The summed E-state index contributed by atoms with van der Waals surface area (Å²) in [5.41, 5.74) is 6.74. The van der Waals surface area contributed by atoms with E-state index in [1.807, 2.05) is 38.1 Å². The molecule has 0 saturated heterocycles. The van der Waals surface area contributed by atoms with Gasteiger partial charge in [0.15, 0.2) is 0 Å². The number of aliphatic hydroxyl groups is 2. The Bertz CT molecular complexity index is 968. The summed E-state index contributed by atoms with van der Waals surface area (Å²) in [6, 6.07) is 19.5. The van der Waals surface area contributed by atoms with Gasteiger partial charge in [0.1, 0.15) is 36.9 Å². The van der Waals surface area contributed by atoms with Gasteiger partial charge in [-0.05, 0) is 75.2 Å². The second-order valence-corrected chi connectivity index (χ2v) is 8.80. The lowest BCUT2D eigenvalue weighted by Crippen LogP contribution is -2.26. The fourth-order valence-electron chi connectivity index (χ4n) is 3.61. The van der Waals surface area contributed by atoms with Crippen molar-refractivity contribution in [3.8, 4) is 11.5 Å². The summed E-state index contributed by atoms with van der Waals surface area (Å²) < 4.78 is 11.4. The molecule has 6 heteroatoms. The number of hydrogen-bond acceptors (Lipinski definition) is 6. The molecule has 0 saturated carbocycles. The standard InChI is InChI=1S/C28H36N2O4/c1-19-5-11-27(21(3)13-19)29-15-23(31)17-33-25-7-9-26(10-8-25)34-18-24(32)16-30-28-12-6-20(2)14-22(28)4/h5-14,23-24,29-32H,15-18H2,1-4H3/t23-,24-/m0/s1. The van der Waals surface area contributed by atoms with Gasteiger partial charge in [0.05, 0.1) is 0 Å². The van der Waals surface area contributed by atoms with Crippen molar-refractivity contribution < 1.29 is 19.7 Å². The molecule has 0 aliphatic carbocycles. The van der Waals surface area contributed by atoms with Gasteiger partial charge in [0.25, 0.3) is 0 Å². The van der Waals surface area contributed by atoms with Gasteiger partial charge in [-0.25, -0.2) is 0 Å². The maximum Gasteiger partial charge on any atom is 0.119 e. The number of hydrogen-bond donors (Lipinski definition) is 4. The highest BCUT2D eigenvalue weighted by Gasteiger charge is 2.09. The molecule has 0 unspecified atom stereocenters. The number of nitrogens with one attached hydrogen (secondary N) is 2. The Balaban J connectivity index is 1.36. The predicted molar refractivity (Wildman–Crippen MR) is 138 cm³/mol. The second-order valence-electron chi connectivity index (χ2n) is 8.80. The van der Waals surface area contributed by atoms with Crippen molar-refractivity contribution in [3.63, 3.8) is 0 Å². The van der Waals surface area contributed by atoms with Gasteiger partial charge < -0.3 is 30.3 Å². The Hall–Kier alpha value is -3.22. The van der Waals surface area contributed by atoms with Crippen molar-refractivity contribution >= 4 is 11.4 Å². The molecule has 0 aliphatic heterocycles. The highest BCUT2D eigenvalue weighted by molar-refractivity contribution is 5.52. The summed E-state index contributed by atoms with van der Waals surface area (Å²) in [6.07, 6.45) is -1.28. The average molecular weight is 465 g/mol. The average Bonchev–Trinajstić information content (AvgIpc) is 2.81. The molecule has 0 amide bonds. The molecule has 0 fully saturated rings. The molecule has 0 aliphatic rings. The van der Waals surface area contributed by atoms with Crippen molar-refractivity contribution in [2.75, 3.05) is 36.9 Å². The van der Waals surface area contributed by atoms with E-state index in [0.29, 0.717) is 24.6 Å². The van der Waals surface area contributed by atoms with Gasteiger partial charge in [0, 0.05) is 24.5 Å². The van der Waals surface area contributed by atoms with E-state index in [9.17, 15) is 10.2 Å². The van der Waals surface area contributed by atoms with Gasteiger partial charge >= 0.3 is 0 Å². The summed E-state index contributed by atoms with van der Waals surface area (Å²) in [5, 5.41) is 27.0. The van der Waals surface area contributed by atoms with Crippen LogP contribution in [0.2, 0.25) is 0 Å². The van der Waals surface area contributed by atoms with Gasteiger partial charge in [-0.15, -0.1) is 0 Å². The van der Waals surface area contributed by atoms with Crippen molar-refractivity contribution in [3.05, 3.63) is 82.9 Å². The van der Waals surface area contributed by atoms with E-state index in [1.165, 1.54) is 11.1 Å². The fraction of sp³-hybridized carbons (Fsp3) is 0.357. The van der Waals surface area contributed by atoms with E-state index < -0.39 is 12.2 Å². The van der Waals surface area contributed by atoms with Crippen LogP contribution < -0.4 is 20.1 Å². The number of benzene rings is 3. The quantitative estimate of drug-likeness (QED) is 0.313. The third kappa shape index (κ3) is 7.97. The van der Waals surface area contributed by atoms with E-state index in [0.717, 1.165) is 22.5 Å². The monoisotopic (exact) mass is 464 g/mol. The molecule has 0 spiro atoms. The molecule has 182 valence electrons. The summed E-state index contributed by atoms with van der Waals surface area (Å²) in [6.45, 7) is 9.37. The number of aryl methyl sites for hydroxylation is 4. The molecular formula is C28H36N2O4. The molecule has 0 radical (unpaired) electrons. The first-order valence-electron chi connectivity index (χ1n) is 11.6. The largest absolute Gasteiger partial charge is 0.491 e. The fourth-order valence-corrected chi connectivity index (χ4v) is 3.61. The lowest BCUT2D eigenvalue weighted by Gasteiger charge is -2.17. The van der Waals surface area contributed by atoms with Crippen LogP contribution in [-0.2, 0) is 0 Å². The minimum Gasteiger partial charge on any atom is -0.491 e. The highest BCUT2D eigenvalue weighted by atomic mass is 16.5. The van der Waals surface area contributed by atoms with Crippen LogP contribution in [0.25, 0.3) is 0 Å². The molecule has 4 N–H and O–H groups in total. The first-order valence-corrected chi connectivity index (χ1v) is 11.6. The molecular weight excluding hydrogens is 428 g/mol. The number of aliphatic hydroxyl groups excluding tert-OH is 2. The lowest BCUT2D eigenvalue weighted by molar-refractivity contribution is 0.115. The van der Waals surface area contributed by atoms with Crippen LogP contribution >= 0.6 is 0 Å². The Kier molecular flexibility index (Phi) is 9.19. The third-order valence-electron chi connectivity index (χ3n) is 5.53. The first-order chi connectivity index (χ1) is 16.3. The summed E-state index contributed by atoms with van der Waals surface area (Å²) >= 11 is 0. The summed E-state index contributed by atoms with van der Waals surface area (Å²) in [5.74, 6) is 1.30. The van der Waals surface area contributed by atoms with Crippen LogP contribution in [0.3, 0.4) is 0 Å². The Morgan fingerprint density at radius 3 is 1.35 bits per heavy atom. The topological polar surface area (TPSA) is 83.0 Å². The first kappa shape index (κ1) is 25.4. The highest BCUT2D eigenvalue weighted by Crippen LogP contribution is 2.19. The molecule has 0 bridgehead atoms. The zero-order valence-electron chi connectivity index (χ0n) is 20.5. The van der Waals surface area contributed by atoms with Crippen LogP contribution in [0, 0.1) is 27.7 Å². The van der Waals surface area contributed by atoms with Gasteiger partial charge in [0.2, 0.25) is 0 Å². The summed E-state index contributed by atoms with van der Waals surface area (Å²) in [7, 11) is 0. The second kappa shape index (κ2) is 12.3. The van der Waals surface area contributed by atoms with Gasteiger partial charge in [-0.3, -0.25) is 0 Å². The van der Waals surface area contributed by atoms with Crippen LogP contribution in [-0.4, -0.2) is 48.7 Å². The van der Waals surface area contributed by atoms with E-state index in [-0.39, 0.29) is 13.2 Å². The van der Waals surface area contributed by atoms with E-state index >= 15 is 0 Å². The molecule has 3 rings (SSSR count). The van der Waals surface area contributed by atoms with Gasteiger partial charge in [-0.1, -0.05) is 35.4 Å². The van der Waals surface area contributed by atoms with Crippen molar-refractivity contribution in [1.29, 1.82) is 0 Å². The number of rotatable bonds is 12. The van der Waals surface area contributed by atoms with E-state index in [2.05, 4.69) is 36.6 Å². The smallest absolute Gasteiger partial charge is 0.119 e. The molecule has 3 aromatic carbocycles. The molecule has 34 heavy (non-hydrogen) atoms. The Labute approximate surface area is 202 Å². The maximum absolute atomic E-state index is 10.2. The Morgan fingerprint density at radius 2 is 1.00 bits per heavy atom. The third-order valence-corrected chi connectivity index (χ3v) is 5.53. The van der Waals surface area contributed by atoms with Crippen molar-refractivity contribution in [1.82, 2.24) is 0 Å². The van der Waals surface area contributed by atoms with E-state index in [4.69, 9.17) is 9.47 Å². The van der Waals surface area contributed by atoms with Crippen LogP contribution in [0.4, 0.5) is 11.4 Å². The minimum absolute atomic E-state index is 0.181. The summed E-state index contributed by atoms with van der Waals surface area (Å²) in [4.78, 5) is 0. The lowest BCUT2D eigenvalue weighted by atomic mass is 10.1. The molecule has 6 nitrogen and oxygen atoms in total. The SMILES string of the molecule is Cc1ccc(NC[C@H](O)COc2ccc(OC[C@@H](O)CNc3ccc(C)cc3C)cc2)c(C)c1. The molecule has 3 aromatic rings. The number of ether oxygens (including phenoxy) is 2. The van der Waals surface area contributed by atoms with E-state index in [1.54, 1.807) is 24.3 Å². The Morgan fingerprint density at radius 1 is 0.618 bits per heavy atom. The van der Waals surface area contributed by atoms with Crippen LogP contribution in [0.15, 0.2) is 60.7 Å². The molecule has 0 heterocycles.